The van der Waals surface area contributed by atoms with Crippen molar-refractivity contribution in [2.45, 2.75) is 0 Å². The highest BCUT2D eigenvalue weighted by Gasteiger charge is 2.14. The van der Waals surface area contributed by atoms with Gasteiger partial charge in [0.2, 0.25) is 0 Å². The number of anilines is 1. The Balaban J connectivity index is 2.27. The second-order valence-electron chi connectivity index (χ2n) is 2.35. The van der Waals surface area contributed by atoms with Gasteiger partial charge in [-0.25, -0.2) is 4.98 Å². The lowest BCUT2D eigenvalue weighted by Crippen LogP contribution is -2.15. The number of thioether (sulfide) groups is 1. The van der Waals surface area contributed by atoms with E-state index in [1.165, 1.54) is 0 Å². The lowest BCUT2D eigenvalue weighted by Gasteiger charge is -2.15. The molecule has 0 bridgehead atoms. The van der Waals surface area contributed by atoms with Crippen molar-refractivity contribution in [3.8, 4) is 0 Å². The fourth-order valence-electron chi connectivity index (χ4n) is 0.995. The van der Waals surface area contributed by atoms with Crippen LogP contribution in [0.2, 0.25) is 0 Å². The maximum absolute atomic E-state index is 4.25. The van der Waals surface area contributed by atoms with Crippen LogP contribution in [0.4, 0.5) is 5.82 Å². The molecule has 0 saturated heterocycles. The van der Waals surface area contributed by atoms with Gasteiger partial charge in [0.25, 0.3) is 0 Å². The van der Waals surface area contributed by atoms with Gasteiger partial charge in [0.15, 0.2) is 0 Å². The lowest BCUT2D eigenvalue weighted by molar-refractivity contribution is 1.10. The third-order valence-electron chi connectivity index (χ3n) is 1.57. The molecule has 62 valence electrons. The molecule has 0 saturated carbocycles. The van der Waals surface area contributed by atoms with E-state index in [4.69, 9.17) is 0 Å². The van der Waals surface area contributed by atoms with Gasteiger partial charge < -0.3 is 4.90 Å². The van der Waals surface area contributed by atoms with Crippen LogP contribution in [0.15, 0.2) is 34.4 Å². The van der Waals surface area contributed by atoms with Gasteiger partial charge in [-0.05, 0) is 28.1 Å². The van der Waals surface area contributed by atoms with Gasteiger partial charge in [0.1, 0.15) is 5.82 Å². The van der Waals surface area contributed by atoms with Gasteiger partial charge in [0, 0.05) is 11.6 Å². The minimum Gasteiger partial charge on any atom is -0.310 e. The van der Waals surface area contributed by atoms with E-state index < -0.39 is 0 Å². The highest BCUT2D eigenvalue weighted by atomic mass is 79.9. The third kappa shape index (κ3) is 1.49. The van der Waals surface area contributed by atoms with E-state index in [1.54, 1.807) is 18.0 Å². The standard InChI is InChI=1S/C8H7BrN2S/c9-7-5-12-6-11(7)8-3-1-2-4-10-8/h1-5H,6H2. The molecule has 0 aliphatic carbocycles. The van der Waals surface area contributed by atoms with Crippen LogP contribution in [0.25, 0.3) is 0 Å². The number of hydrogen-bond donors (Lipinski definition) is 0. The topological polar surface area (TPSA) is 16.1 Å². The van der Waals surface area contributed by atoms with Gasteiger partial charge in [-0.15, -0.1) is 11.8 Å². The number of rotatable bonds is 1. The summed E-state index contributed by atoms with van der Waals surface area (Å²) in [6.07, 6.45) is 1.80. The Morgan fingerprint density at radius 1 is 1.50 bits per heavy atom. The normalized spacial score (nSPS) is 16.4. The SMILES string of the molecule is BrC1=CSCN1c1ccccn1. The summed E-state index contributed by atoms with van der Waals surface area (Å²) < 4.78 is 1.09. The number of hydrogen-bond acceptors (Lipinski definition) is 3. The molecule has 2 rings (SSSR count). The molecule has 2 nitrogen and oxygen atoms in total. The van der Waals surface area contributed by atoms with Crippen LogP contribution in [-0.4, -0.2) is 10.9 Å². The van der Waals surface area contributed by atoms with Crippen LogP contribution in [-0.2, 0) is 0 Å². The largest absolute Gasteiger partial charge is 0.310 e. The van der Waals surface area contributed by atoms with Gasteiger partial charge >= 0.3 is 0 Å². The van der Waals surface area contributed by atoms with Crippen molar-refractivity contribution in [1.29, 1.82) is 0 Å². The molecule has 0 unspecified atom stereocenters. The molecule has 0 aromatic carbocycles. The van der Waals surface area contributed by atoms with Gasteiger partial charge in [-0.3, -0.25) is 0 Å². The van der Waals surface area contributed by atoms with Gasteiger partial charge in [0.05, 0.1) is 10.5 Å². The fourth-order valence-corrected chi connectivity index (χ4v) is 2.62. The Labute approximate surface area is 83.8 Å². The summed E-state index contributed by atoms with van der Waals surface area (Å²) in [7, 11) is 0. The molecule has 0 atom stereocenters. The summed E-state index contributed by atoms with van der Waals surface area (Å²) >= 11 is 5.23. The Bertz CT molecular complexity index is 299. The maximum Gasteiger partial charge on any atom is 0.134 e. The van der Waals surface area contributed by atoms with Crippen LogP contribution in [0.3, 0.4) is 0 Å². The molecule has 0 fully saturated rings. The number of nitrogens with zero attached hydrogens (tertiary/aromatic N) is 2. The first kappa shape index (κ1) is 8.13. The molecule has 1 aromatic heterocycles. The van der Waals surface area contributed by atoms with Crippen molar-refractivity contribution >= 4 is 33.5 Å². The average Bonchev–Trinajstić information content (AvgIpc) is 2.53. The summed E-state index contributed by atoms with van der Waals surface area (Å²) in [4.78, 5) is 6.37. The molecule has 0 radical (unpaired) electrons. The van der Waals surface area contributed by atoms with E-state index in [-0.39, 0.29) is 0 Å². The van der Waals surface area contributed by atoms with E-state index in [9.17, 15) is 0 Å². The predicted molar refractivity (Wildman–Crippen MR) is 56.2 cm³/mol. The summed E-state index contributed by atoms with van der Waals surface area (Å²) in [5.41, 5.74) is 0. The smallest absolute Gasteiger partial charge is 0.134 e. The van der Waals surface area contributed by atoms with E-state index in [1.807, 2.05) is 18.2 Å². The zero-order chi connectivity index (χ0) is 8.39. The Hall–Kier alpha value is -0.480. The van der Waals surface area contributed by atoms with Crippen molar-refractivity contribution in [1.82, 2.24) is 4.98 Å². The average molecular weight is 243 g/mol. The van der Waals surface area contributed by atoms with E-state index in [0.717, 1.165) is 16.3 Å². The zero-order valence-electron chi connectivity index (χ0n) is 6.27. The molecular weight excluding hydrogens is 236 g/mol. The Morgan fingerprint density at radius 3 is 3.00 bits per heavy atom. The fraction of sp³-hybridized carbons (Fsp3) is 0.125. The molecule has 12 heavy (non-hydrogen) atoms. The molecule has 4 heteroatoms. The molecule has 1 aromatic rings. The first-order chi connectivity index (χ1) is 5.88. The number of pyridine rings is 1. The van der Waals surface area contributed by atoms with Crippen molar-refractivity contribution < 1.29 is 0 Å². The number of halogens is 1. The van der Waals surface area contributed by atoms with E-state index in [2.05, 4.69) is 31.2 Å². The van der Waals surface area contributed by atoms with Crippen LogP contribution < -0.4 is 4.90 Å². The van der Waals surface area contributed by atoms with Crippen molar-refractivity contribution in [3.05, 3.63) is 34.4 Å². The molecule has 0 spiro atoms. The Kier molecular flexibility index (Phi) is 2.37. The highest BCUT2D eigenvalue weighted by molar-refractivity contribution is 9.12. The second-order valence-corrected chi connectivity index (χ2v) is 3.99. The summed E-state index contributed by atoms with van der Waals surface area (Å²) in [5.74, 6) is 1.93. The summed E-state index contributed by atoms with van der Waals surface area (Å²) in [5, 5.41) is 2.08. The zero-order valence-corrected chi connectivity index (χ0v) is 8.68. The van der Waals surface area contributed by atoms with Gasteiger partial charge in [-0.1, -0.05) is 6.07 Å². The summed E-state index contributed by atoms with van der Waals surface area (Å²) in [6.45, 7) is 0. The maximum atomic E-state index is 4.25. The minimum absolute atomic E-state index is 0.942. The van der Waals surface area contributed by atoms with Crippen molar-refractivity contribution in [2.75, 3.05) is 10.8 Å². The molecule has 0 amide bonds. The minimum atomic E-state index is 0.942. The Morgan fingerprint density at radius 2 is 2.42 bits per heavy atom. The highest BCUT2D eigenvalue weighted by Crippen LogP contribution is 2.30. The first-order valence-corrected chi connectivity index (χ1v) is 5.38. The molecule has 1 aliphatic heterocycles. The predicted octanol–water partition coefficient (Wildman–Crippen LogP) is 2.79. The van der Waals surface area contributed by atoms with Crippen LogP contribution >= 0.6 is 27.7 Å². The monoisotopic (exact) mass is 242 g/mol. The van der Waals surface area contributed by atoms with E-state index >= 15 is 0 Å². The second kappa shape index (κ2) is 3.49. The third-order valence-corrected chi connectivity index (χ3v) is 3.33. The van der Waals surface area contributed by atoms with Gasteiger partial charge in [-0.2, -0.15) is 0 Å². The first-order valence-electron chi connectivity index (χ1n) is 3.54. The number of aromatic nitrogens is 1. The molecule has 2 heterocycles. The quantitative estimate of drug-likeness (QED) is 0.705. The summed E-state index contributed by atoms with van der Waals surface area (Å²) in [6, 6.07) is 5.91. The van der Waals surface area contributed by atoms with Crippen molar-refractivity contribution in [2.24, 2.45) is 0 Å². The van der Waals surface area contributed by atoms with Crippen LogP contribution in [0, 0.1) is 0 Å². The van der Waals surface area contributed by atoms with E-state index in [0.29, 0.717) is 0 Å². The molecule has 1 aliphatic rings. The van der Waals surface area contributed by atoms with Crippen molar-refractivity contribution in [3.63, 3.8) is 0 Å². The van der Waals surface area contributed by atoms with Crippen LogP contribution in [0.1, 0.15) is 0 Å². The molecular formula is C8H7BrN2S. The van der Waals surface area contributed by atoms with Crippen LogP contribution in [0.5, 0.6) is 0 Å². The lowest BCUT2D eigenvalue weighted by atomic mass is 10.4. The molecule has 0 N–H and O–H groups in total.